The number of rotatable bonds is 5. The first kappa shape index (κ1) is 13.4. The summed E-state index contributed by atoms with van der Waals surface area (Å²) < 4.78 is 9.70. The maximum atomic E-state index is 11.1. The lowest BCUT2D eigenvalue weighted by Crippen LogP contribution is -2.22. The normalized spacial score (nSPS) is 11.4. The van der Waals surface area contributed by atoms with Gasteiger partial charge in [-0.05, 0) is 20.8 Å². The van der Waals surface area contributed by atoms with Crippen LogP contribution >= 0.6 is 0 Å². The van der Waals surface area contributed by atoms with Crippen molar-refractivity contribution in [2.45, 2.75) is 26.9 Å². The van der Waals surface area contributed by atoms with Crippen molar-refractivity contribution in [1.82, 2.24) is 0 Å². The summed E-state index contributed by atoms with van der Waals surface area (Å²) in [5.41, 5.74) is 0.626. The van der Waals surface area contributed by atoms with Gasteiger partial charge in [0.05, 0.1) is 0 Å². The molecule has 4 heteroatoms. The molecule has 15 heavy (non-hydrogen) atoms. The molecule has 0 aromatic rings. The van der Waals surface area contributed by atoms with Crippen molar-refractivity contribution in [2.75, 3.05) is 6.61 Å². The molecule has 0 unspecified atom stereocenters. The van der Waals surface area contributed by atoms with E-state index in [9.17, 15) is 9.59 Å². The van der Waals surface area contributed by atoms with E-state index in [2.05, 4.69) is 13.2 Å². The van der Waals surface area contributed by atoms with Gasteiger partial charge >= 0.3 is 11.9 Å². The standard InChI is InChI=1S/C11H16O4/c1-7(2)10(12)14-6-9(5)15-11(13)8(3)4/h9H,1,3,6H2,2,4-5H3/t9-/m1/s1. The molecule has 0 heterocycles. The van der Waals surface area contributed by atoms with Gasteiger partial charge in [0.2, 0.25) is 0 Å². The van der Waals surface area contributed by atoms with E-state index in [1.165, 1.54) is 0 Å². The zero-order chi connectivity index (χ0) is 12.0. The summed E-state index contributed by atoms with van der Waals surface area (Å²) in [7, 11) is 0. The number of carbonyl (C=O) groups is 2. The highest BCUT2D eigenvalue weighted by atomic mass is 16.6. The van der Waals surface area contributed by atoms with Crippen molar-refractivity contribution in [1.29, 1.82) is 0 Å². The van der Waals surface area contributed by atoms with Gasteiger partial charge in [-0.3, -0.25) is 0 Å². The summed E-state index contributed by atoms with van der Waals surface area (Å²) in [4.78, 5) is 22.0. The fourth-order valence-corrected chi connectivity index (χ4v) is 0.634. The van der Waals surface area contributed by atoms with E-state index in [-0.39, 0.29) is 6.61 Å². The molecule has 0 aliphatic heterocycles. The molecule has 0 amide bonds. The Labute approximate surface area is 89.6 Å². The quantitative estimate of drug-likeness (QED) is 0.513. The number of ether oxygens (including phenoxy) is 2. The van der Waals surface area contributed by atoms with Crippen molar-refractivity contribution < 1.29 is 19.1 Å². The van der Waals surface area contributed by atoms with Crippen LogP contribution in [-0.2, 0) is 19.1 Å². The first-order chi connectivity index (χ1) is 6.84. The van der Waals surface area contributed by atoms with Crippen LogP contribution in [0.15, 0.2) is 24.3 Å². The van der Waals surface area contributed by atoms with Gasteiger partial charge in [-0.25, -0.2) is 9.59 Å². The van der Waals surface area contributed by atoms with E-state index in [1.807, 2.05) is 0 Å². The van der Waals surface area contributed by atoms with Crippen molar-refractivity contribution in [2.24, 2.45) is 0 Å². The largest absolute Gasteiger partial charge is 0.458 e. The van der Waals surface area contributed by atoms with E-state index >= 15 is 0 Å². The monoisotopic (exact) mass is 212 g/mol. The van der Waals surface area contributed by atoms with E-state index in [1.54, 1.807) is 20.8 Å². The summed E-state index contributed by atoms with van der Waals surface area (Å²) in [5, 5.41) is 0. The SMILES string of the molecule is C=C(C)C(=O)OC[C@@H](C)OC(=O)C(=C)C. The van der Waals surface area contributed by atoms with E-state index in [4.69, 9.17) is 9.47 Å². The Hall–Kier alpha value is -1.58. The molecule has 1 atom stereocenters. The van der Waals surface area contributed by atoms with Gasteiger partial charge < -0.3 is 9.47 Å². The maximum Gasteiger partial charge on any atom is 0.333 e. The van der Waals surface area contributed by atoms with Crippen LogP contribution in [0.3, 0.4) is 0 Å². The highest BCUT2D eigenvalue weighted by Gasteiger charge is 2.12. The predicted molar refractivity (Wildman–Crippen MR) is 56.1 cm³/mol. The van der Waals surface area contributed by atoms with Crippen molar-refractivity contribution in [3.05, 3.63) is 24.3 Å². The smallest absolute Gasteiger partial charge is 0.333 e. The lowest BCUT2D eigenvalue weighted by atomic mass is 10.3. The van der Waals surface area contributed by atoms with Crippen molar-refractivity contribution in [3.8, 4) is 0 Å². The zero-order valence-corrected chi connectivity index (χ0v) is 9.33. The number of esters is 2. The molecular weight excluding hydrogens is 196 g/mol. The highest BCUT2D eigenvalue weighted by molar-refractivity contribution is 5.87. The minimum Gasteiger partial charge on any atom is -0.458 e. The van der Waals surface area contributed by atoms with Crippen LogP contribution in [-0.4, -0.2) is 24.6 Å². The number of hydrogen-bond acceptors (Lipinski definition) is 4. The third kappa shape index (κ3) is 5.67. The van der Waals surface area contributed by atoms with Gasteiger partial charge in [0, 0.05) is 11.1 Å². The van der Waals surface area contributed by atoms with Gasteiger partial charge in [-0.15, -0.1) is 0 Å². The molecule has 0 fully saturated rings. The Morgan fingerprint density at radius 1 is 1.13 bits per heavy atom. The van der Waals surface area contributed by atoms with Crippen LogP contribution in [0.1, 0.15) is 20.8 Å². The third-order valence-corrected chi connectivity index (χ3v) is 1.45. The molecule has 0 rings (SSSR count). The highest BCUT2D eigenvalue weighted by Crippen LogP contribution is 2.00. The van der Waals surface area contributed by atoms with Gasteiger partial charge in [0.15, 0.2) is 0 Å². The van der Waals surface area contributed by atoms with E-state index in [0.29, 0.717) is 11.1 Å². The Balaban J connectivity index is 3.90. The Morgan fingerprint density at radius 3 is 2.00 bits per heavy atom. The molecule has 0 bridgehead atoms. The summed E-state index contributed by atoms with van der Waals surface area (Å²) >= 11 is 0. The number of hydrogen-bond donors (Lipinski definition) is 0. The van der Waals surface area contributed by atoms with Crippen molar-refractivity contribution >= 4 is 11.9 Å². The van der Waals surface area contributed by atoms with E-state index < -0.39 is 18.0 Å². The van der Waals surface area contributed by atoms with Gasteiger partial charge in [-0.2, -0.15) is 0 Å². The minimum absolute atomic E-state index is 0.0186. The second-order valence-electron chi connectivity index (χ2n) is 3.38. The Morgan fingerprint density at radius 2 is 1.60 bits per heavy atom. The number of carbonyl (C=O) groups excluding carboxylic acids is 2. The van der Waals surface area contributed by atoms with Gasteiger partial charge in [0.25, 0.3) is 0 Å². The van der Waals surface area contributed by atoms with Crippen LogP contribution in [0.4, 0.5) is 0 Å². The molecule has 0 saturated heterocycles. The minimum atomic E-state index is -0.492. The Kier molecular flexibility index (Phi) is 5.37. The molecule has 0 aromatic heterocycles. The van der Waals surface area contributed by atoms with Crippen molar-refractivity contribution in [3.63, 3.8) is 0 Å². The molecule has 0 saturated carbocycles. The summed E-state index contributed by atoms with van der Waals surface area (Å²) in [6.45, 7) is 11.6. The molecule has 0 N–H and O–H groups in total. The van der Waals surface area contributed by atoms with Gasteiger partial charge in [0.1, 0.15) is 12.7 Å². The van der Waals surface area contributed by atoms with Crippen LogP contribution in [0.25, 0.3) is 0 Å². The average molecular weight is 212 g/mol. The van der Waals surface area contributed by atoms with Crippen LogP contribution in [0.2, 0.25) is 0 Å². The molecule has 0 radical (unpaired) electrons. The fourth-order valence-electron chi connectivity index (χ4n) is 0.634. The molecule has 84 valence electrons. The summed E-state index contributed by atoms with van der Waals surface area (Å²) in [5.74, 6) is -0.984. The molecule has 0 aromatic carbocycles. The second-order valence-corrected chi connectivity index (χ2v) is 3.38. The molecule has 0 aliphatic rings. The zero-order valence-electron chi connectivity index (χ0n) is 9.33. The predicted octanol–water partition coefficient (Wildman–Crippen LogP) is 1.61. The first-order valence-corrected chi connectivity index (χ1v) is 4.53. The lowest BCUT2D eigenvalue weighted by molar-refractivity contribution is -0.152. The fraction of sp³-hybridized carbons (Fsp3) is 0.455. The Bertz CT molecular complexity index is 291. The molecule has 0 aliphatic carbocycles. The van der Waals surface area contributed by atoms with Crippen LogP contribution in [0.5, 0.6) is 0 Å². The van der Waals surface area contributed by atoms with E-state index in [0.717, 1.165) is 0 Å². The van der Waals surface area contributed by atoms with Crippen LogP contribution in [0, 0.1) is 0 Å². The summed E-state index contributed by atoms with van der Waals surface area (Å²) in [6, 6.07) is 0. The average Bonchev–Trinajstić information content (AvgIpc) is 2.13. The van der Waals surface area contributed by atoms with Gasteiger partial charge in [-0.1, -0.05) is 13.2 Å². The topological polar surface area (TPSA) is 52.6 Å². The maximum absolute atomic E-state index is 11.1. The third-order valence-electron chi connectivity index (χ3n) is 1.45. The first-order valence-electron chi connectivity index (χ1n) is 4.53. The second kappa shape index (κ2) is 6.01. The molecule has 0 spiro atoms. The molecule has 4 nitrogen and oxygen atoms in total. The summed E-state index contributed by atoms with van der Waals surface area (Å²) in [6.07, 6.45) is -0.488. The lowest BCUT2D eigenvalue weighted by Gasteiger charge is -2.13. The van der Waals surface area contributed by atoms with Crippen LogP contribution < -0.4 is 0 Å². The molecular formula is C11H16O4.